The maximum atomic E-state index is 13.4. The van der Waals surface area contributed by atoms with Crippen LogP contribution in [0, 0.1) is 17.0 Å². The van der Waals surface area contributed by atoms with Crippen LogP contribution in [0.5, 0.6) is 0 Å². The van der Waals surface area contributed by atoms with Gasteiger partial charge in [-0.15, -0.1) is 0 Å². The fourth-order valence-electron chi connectivity index (χ4n) is 1.63. The lowest BCUT2D eigenvalue weighted by Gasteiger charge is -2.10. The lowest BCUT2D eigenvalue weighted by molar-refractivity contribution is -0.137. The number of hydrogen-bond donors (Lipinski definition) is 3. The molecule has 5 N–H and O–H groups in total. The van der Waals surface area contributed by atoms with E-state index in [9.17, 15) is 18.4 Å². The maximum absolute atomic E-state index is 13.4. The van der Waals surface area contributed by atoms with E-state index in [2.05, 4.69) is 4.74 Å². The number of nitrogens with one attached hydrogen (secondary N) is 1. The first-order chi connectivity index (χ1) is 10.3. The molecule has 0 unspecified atom stereocenters. The standard InChI is InChI=1S/C14H15F2N3O3.CH4/c1-2-9(17)12(13(18)19)14(21)22-6-10(20)11-7(15)4-3-5-8(11)16;/h3-5H,2,6,17H2,1H3,(H3,18,19);1H4. The van der Waals surface area contributed by atoms with E-state index in [0.29, 0.717) is 0 Å². The smallest absolute Gasteiger partial charge is 0.344 e. The Bertz CT molecular complexity index is 637. The van der Waals surface area contributed by atoms with E-state index in [1.165, 1.54) is 0 Å². The fraction of sp³-hybridized carbons (Fsp3) is 0.267. The summed E-state index contributed by atoms with van der Waals surface area (Å²) in [6, 6.07) is 2.92. The van der Waals surface area contributed by atoms with Gasteiger partial charge in [0, 0.05) is 5.70 Å². The van der Waals surface area contributed by atoms with E-state index >= 15 is 0 Å². The van der Waals surface area contributed by atoms with Gasteiger partial charge in [-0.1, -0.05) is 20.4 Å². The van der Waals surface area contributed by atoms with Gasteiger partial charge in [-0.25, -0.2) is 13.6 Å². The first-order valence-electron chi connectivity index (χ1n) is 6.26. The van der Waals surface area contributed by atoms with Crippen molar-refractivity contribution in [1.29, 1.82) is 5.41 Å². The zero-order valence-electron chi connectivity index (χ0n) is 11.8. The number of hydrogen-bond acceptors (Lipinski definition) is 5. The molecule has 23 heavy (non-hydrogen) atoms. The van der Waals surface area contributed by atoms with E-state index in [0.717, 1.165) is 18.2 Å². The number of rotatable bonds is 6. The number of carbonyl (C=O) groups is 2. The molecule has 0 aliphatic rings. The quantitative estimate of drug-likeness (QED) is 0.242. The highest BCUT2D eigenvalue weighted by atomic mass is 19.1. The SMILES string of the molecule is C.CCC(N)=C(C(=N)N)C(=O)OCC(=O)c1c(F)cccc1F. The maximum Gasteiger partial charge on any atom is 0.344 e. The lowest BCUT2D eigenvalue weighted by Crippen LogP contribution is -2.27. The molecular formula is C15H19F2N3O3. The molecule has 0 amide bonds. The minimum Gasteiger partial charge on any atom is -0.454 e. The van der Waals surface area contributed by atoms with Crippen LogP contribution in [0.2, 0.25) is 0 Å². The number of halogens is 2. The molecule has 0 aliphatic carbocycles. The highest BCUT2D eigenvalue weighted by Gasteiger charge is 2.22. The Balaban J connectivity index is 0.00000484. The van der Waals surface area contributed by atoms with Crippen LogP contribution in [0.15, 0.2) is 29.5 Å². The van der Waals surface area contributed by atoms with E-state index in [1.807, 2.05) is 0 Å². The molecule has 0 saturated heterocycles. The molecule has 1 rings (SSSR count). The largest absolute Gasteiger partial charge is 0.454 e. The van der Waals surface area contributed by atoms with Gasteiger partial charge >= 0.3 is 5.97 Å². The summed E-state index contributed by atoms with van der Waals surface area (Å²) < 4.78 is 31.5. The summed E-state index contributed by atoms with van der Waals surface area (Å²) in [6.07, 6.45) is 0.236. The number of amidine groups is 1. The third-order valence-corrected chi connectivity index (χ3v) is 2.75. The summed E-state index contributed by atoms with van der Waals surface area (Å²) in [7, 11) is 0. The number of ether oxygens (including phenoxy) is 1. The van der Waals surface area contributed by atoms with Gasteiger partial charge in [0.1, 0.15) is 23.0 Å². The van der Waals surface area contributed by atoms with Crippen LogP contribution in [0.4, 0.5) is 8.78 Å². The Kier molecular flexibility index (Phi) is 7.58. The second-order valence-electron chi connectivity index (χ2n) is 4.26. The van der Waals surface area contributed by atoms with Crippen LogP contribution >= 0.6 is 0 Å². The summed E-state index contributed by atoms with van der Waals surface area (Å²) in [6.45, 7) is 0.732. The molecule has 1 aromatic carbocycles. The lowest BCUT2D eigenvalue weighted by atomic mass is 10.1. The number of ketones is 1. The zero-order valence-corrected chi connectivity index (χ0v) is 11.8. The second kappa shape index (κ2) is 8.62. The molecule has 6 nitrogen and oxygen atoms in total. The summed E-state index contributed by atoms with van der Waals surface area (Å²) in [4.78, 5) is 23.5. The molecule has 0 fully saturated rings. The first kappa shape index (κ1) is 20.2. The van der Waals surface area contributed by atoms with Crippen LogP contribution < -0.4 is 11.5 Å². The van der Waals surface area contributed by atoms with E-state index in [1.54, 1.807) is 6.92 Å². The van der Waals surface area contributed by atoms with Gasteiger partial charge in [0.25, 0.3) is 0 Å². The Morgan fingerprint density at radius 2 is 1.74 bits per heavy atom. The molecule has 1 aromatic rings. The van der Waals surface area contributed by atoms with Gasteiger partial charge in [0.2, 0.25) is 5.78 Å². The van der Waals surface area contributed by atoms with Gasteiger partial charge in [-0.3, -0.25) is 10.2 Å². The number of allylic oxidation sites excluding steroid dienone is 1. The van der Waals surface area contributed by atoms with Gasteiger partial charge in [-0.2, -0.15) is 0 Å². The van der Waals surface area contributed by atoms with Gasteiger partial charge in [-0.05, 0) is 18.6 Å². The van der Waals surface area contributed by atoms with E-state index in [-0.39, 0.29) is 25.1 Å². The normalized spacial score (nSPS) is 11.1. The van der Waals surface area contributed by atoms with Crippen molar-refractivity contribution in [3.63, 3.8) is 0 Å². The first-order valence-corrected chi connectivity index (χ1v) is 6.26. The van der Waals surface area contributed by atoms with Gasteiger partial charge in [0.15, 0.2) is 6.61 Å². The number of nitrogens with two attached hydrogens (primary N) is 2. The Hall–Kier alpha value is -2.77. The van der Waals surface area contributed by atoms with Crippen molar-refractivity contribution in [2.75, 3.05) is 6.61 Å². The summed E-state index contributed by atoms with van der Waals surface area (Å²) >= 11 is 0. The van der Waals surface area contributed by atoms with Crippen molar-refractivity contribution >= 4 is 17.6 Å². The number of benzene rings is 1. The minimum absolute atomic E-state index is 0. The molecular weight excluding hydrogens is 308 g/mol. The Morgan fingerprint density at radius 1 is 1.22 bits per heavy atom. The third-order valence-electron chi connectivity index (χ3n) is 2.75. The molecule has 8 heteroatoms. The number of carbonyl (C=O) groups excluding carboxylic acids is 2. The van der Waals surface area contributed by atoms with Crippen molar-refractivity contribution in [3.8, 4) is 0 Å². The molecule has 0 heterocycles. The number of Topliss-reactive ketones (excluding diaryl/α,β-unsaturated/α-hetero) is 1. The van der Waals surface area contributed by atoms with Crippen molar-refractivity contribution in [2.45, 2.75) is 20.8 Å². The molecule has 0 atom stereocenters. The molecule has 0 bridgehead atoms. The monoisotopic (exact) mass is 327 g/mol. The van der Waals surface area contributed by atoms with E-state index < -0.39 is 41.4 Å². The van der Waals surface area contributed by atoms with Crippen LogP contribution in [-0.4, -0.2) is 24.2 Å². The summed E-state index contributed by atoms with van der Waals surface area (Å²) in [5, 5.41) is 7.27. The highest BCUT2D eigenvalue weighted by Crippen LogP contribution is 2.13. The molecule has 0 saturated carbocycles. The highest BCUT2D eigenvalue weighted by molar-refractivity contribution is 6.17. The number of esters is 1. The minimum atomic E-state index is -1.10. The third kappa shape index (κ3) is 4.87. The molecule has 0 aromatic heterocycles. The molecule has 0 radical (unpaired) electrons. The van der Waals surface area contributed by atoms with Crippen LogP contribution in [0.1, 0.15) is 31.1 Å². The zero-order chi connectivity index (χ0) is 16.9. The predicted molar refractivity (Wildman–Crippen MR) is 81.8 cm³/mol. The molecule has 126 valence electrons. The van der Waals surface area contributed by atoms with Crippen molar-refractivity contribution < 1.29 is 23.1 Å². The van der Waals surface area contributed by atoms with Crippen molar-refractivity contribution in [1.82, 2.24) is 0 Å². The summed E-state index contributed by atoms with van der Waals surface area (Å²) in [5.74, 6) is -4.89. The Morgan fingerprint density at radius 3 is 2.17 bits per heavy atom. The average Bonchev–Trinajstić information content (AvgIpc) is 2.44. The predicted octanol–water partition coefficient (Wildman–Crippen LogP) is 1.89. The van der Waals surface area contributed by atoms with Crippen molar-refractivity contribution in [3.05, 3.63) is 46.7 Å². The van der Waals surface area contributed by atoms with Gasteiger partial charge in [0.05, 0.1) is 5.56 Å². The van der Waals surface area contributed by atoms with Crippen LogP contribution in [-0.2, 0) is 9.53 Å². The van der Waals surface area contributed by atoms with Crippen LogP contribution in [0.25, 0.3) is 0 Å². The van der Waals surface area contributed by atoms with E-state index in [4.69, 9.17) is 16.9 Å². The van der Waals surface area contributed by atoms with Crippen LogP contribution in [0.3, 0.4) is 0 Å². The summed E-state index contributed by atoms with van der Waals surface area (Å²) in [5.41, 5.74) is 9.60. The fourth-order valence-corrected chi connectivity index (χ4v) is 1.63. The average molecular weight is 327 g/mol. The van der Waals surface area contributed by atoms with Gasteiger partial charge < -0.3 is 16.2 Å². The molecule has 0 aliphatic heterocycles. The second-order valence-corrected chi connectivity index (χ2v) is 4.26. The molecule has 0 spiro atoms. The van der Waals surface area contributed by atoms with Crippen molar-refractivity contribution in [2.24, 2.45) is 11.5 Å². The Labute approximate surface area is 132 Å². The topological polar surface area (TPSA) is 119 Å².